The molecule has 2 heterocycles. The summed E-state index contributed by atoms with van der Waals surface area (Å²) in [6.45, 7) is 7.75. The maximum atomic E-state index is 11.9. The van der Waals surface area contributed by atoms with Gasteiger partial charge in [0.15, 0.2) is 0 Å². The summed E-state index contributed by atoms with van der Waals surface area (Å²) in [4.78, 5) is 31.4. The van der Waals surface area contributed by atoms with E-state index in [0.29, 0.717) is 23.9 Å². The maximum absolute atomic E-state index is 11.9. The Hall–Kier alpha value is -3.95. The van der Waals surface area contributed by atoms with Crippen LogP contribution in [0.25, 0.3) is 11.3 Å². The molecular weight excluding hydrogens is 400 g/mol. The molecule has 0 bridgehead atoms. The van der Waals surface area contributed by atoms with Gasteiger partial charge in [-0.2, -0.15) is 9.78 Å². The van der Waals surface area contributed by atoms with Gasteiger partial charge in [-0.1, -0.05) is 12.1 Å². The summed E-state index contributed by atoms with van der Waals surface area (Å²) in [5.74, 6) is 0.316. The topological polar surface area (TPSA) is 131 Å². The van der Waals surface area contributed by atoms with Crippen LogP contribution in [0.2, 0.25) is 0 Å². The summed E-state index contributed by atoms with van der Waals surface area (Å²) >= 11 is 0. The average Bonchev–Trinajstić information content (AvgIpc) is 3.15. The number of benzene rings is 1. The lowest BCUT2D eigenvalue weighted by Gasteiger charge is -2.20. The Morgan fingerprint density at radius 3 is 2.65 bits per heavy atom. The fraction of sp³-hybridized carbons (Fsp3) is 0.286. The van der Waals surface area contributed by atoms with Crippen LogP contribution in [0.4, 0.5) is 21.2 Å². The molecule has 0 saturated carbocycles. The van der Waals surface area contributed by atoms with E-state index >= 15 is 0 Å². The minimum Gasteiger partial charge on any atom is -0.463 e. The summed E-state index contributed by atoms with van der Waals surface area (Å²) in [5.41, 5.74) is 3.43. The second-order valence-corrected chi connectivity index (χ2v) is 7.84. The van der Waals surface area contributed by atoms with Gasteiger partial charge in [0.1, 0.15) is 5.60 Å². The van der Waals surface area contributed by atoms with Gasteiger partial charge in [-0.15, -0.1) is 0 Å². The van der Waals surface area contributed by atoms with Crippen molar-refractivity contribution in [3.8, 4) is 11.3 Å². The molecule has 0 spiro atoms. The van der Waals surface area contributed by atoms with Crippen molar-refractivity contribution in [2.75, 3.05) is 5.32 Å². The molecule has 0 radical (unpaired) electrons. The van der Waals surface area contributed by atoms with E-state index < -0.39 is 17.8 Å². The summed E-state index contributed by atoms with van der Waals surface area (Å²) < 4.78 is 6.05. The Labute approximate surface area is 179 Å². The van der Waals surface area contributed by atoms with Gasteiger partial charge >= 0.3 is 12.2 Å². The van der Waals surface area contributed by atoms with Crippen molar-refractivity contribution < 1.29 is 19.4 Å². The minimum absolute atomic E-state index is 0.316. The van der Waals surface area contributed by atoms with Crippen LogP contribution in [0.1, 0.15) is 31.9 Å². The van der Waals surface area contributed by atoms with Gasteiger partial charge in [-0.05, 0) is 51.0 Å². The van der Waals surface area contributed by atoms with E-state index in [1.54, 1.807) is 12.3 Å². The van der Waals surface area contributed by atoms with Crippen LogP contribution in [0.15, 0.2) is 42.9 Å². The molecule has 10 nitrogen and oxygen atoms in total. The summed E-state index contributed by atoms with van der Waals surface area (Å²) in [7, 11) is 0. The highest BCUT2D eigenvalue weighted by Crippen LogP contribution is 2.22. The van der Waals surface area contributed by atoms with E-state index in [9.17, 15) is 9.59 Å². The van der Waals surface area contributed by atoms with Crippen LogP contribution < -0.4 is 10.6 Å². The maximum Gasteiger partial charge on any atom is 0.432 e. The standard InChI is InChI=1S/C21H24N6O4/c1-13-9-14(5-6-15(13)10-23-19(28)31-21(2,3)4)17-7-8-22-18(26-17)25-16-11-24-27(12-16)20(29)30/h5-9,11-12H,10H2,1-4H3,(H,23,28)(H,29,30)(H,22,25,26). The molecule has 162 valence electrons. The predicted octanol–water partition coefficient (Wildman–Crippen LogP) is 3.94. The van der Waals surface area contributed by atoms with Crippen LogP contribution in [0.5, 0.6) is 0 Å². The van der Waals surface area contributed by atoms with Crippen LogP contribution in [-0.4, -0.2) is 42.6 Å². The fourth-order valence-corrected chi connectivity index (χ4v) is 2.74. The first kappa shape index (κ1) is 21.8. The molecule has 0 aliphatic rings. The molecule has 3 aromatic rings. The number of anilines is 2. The molecule has 3 rings (SSSR count). The number of carboxylic acid groups (broad SMARTS) is 1. The van der Waals surface area contributed by atoms with E-state index in [1.165, 1.54) is 12.4 Å². The van der Waals surface area contributed by atoms with Gasteiger partial charge in [0.2, 0.25) is 5.95 Å². The quantitative estimate of drug-likeness (QED) is 0.561. The van der Waals surface area contributed by atoms with E-state index in [0.717, 1.165) is 21.4 Å². The summed E-state index contributed by atoms with van der Waals surface area (Å²) in [5, 5.41) is 18.3. The molecule has 1 amide bonds. The van der Waals surface area contributed by atoms with Crippen molar-refractivity contribution in [1.29, 1.82) is 0 Å². The zero-order valence-corrected chi connectivity index (χ0v) is 17.7. The number of carbonyl (C=O) groups excluding carboxylic acids is 1. The molecule has 0 aliphatic heterocycles. The lowest BCUT2D eigenvalue weighted by Crippen LogP contribution is -2.32. The molecule has 0 saturated heterocycles. The highest BCUT2D eigenvalue weighted by molar-refractivity contribution is 5.69. The number of amides is 1. The number of nitrogens with one attached hydrogen (secondary N) is 2. The lowest BCUT2D eigenvalue weighted by atomic mass is 10.0. The van der Waals surface area contributed by atoms with E-state index in [2.05, 4.69) is 25.7 Å². The predicted molar refractivity (Wildman–Crippen MR) is 114 cm³/mol. The smallest absolute Gasteiger partial charge is 0.432 e. The number of carbonyl (C=O) groups is 2. The van der Waals surface area contributed by atoms with E-state index in [4.69, 9.17) is 9.84 Å². The molecular formula is C21H24N6O4. The Kier molecular flexibility index (Phi) is 6.19. The monoisotopic (exact) mass is 424 g/mol. The first-order valence-electron chi connectivity index (χ1n) is 9.55. The fourth-order valence-electron chi connectivity index (χ4n) is 2.74. The third-order valence-electron chi connectivity index (χ3n) is 4.15. The first-order chi connectivity index (χ1) is 14.6. The second kappa shape index (κ2) is 8.82. The number of hydrogen-bond acceptors (Lipinski definition) is 7. The van der Waals surface area contributed by atoms with Crippen LogP contribution in [0.3, 0.4) is 0 Å². The number of alkyl carbamates (subject to hydrolysis) is 1. The largest absolute Gasteiger partial charge is 0.463 e. The Morgan fingerprint density at radius 2 is 2.00 bits per heavy atom. The average molecular weight is 424 g/mol. The molecule has 10 heteroatoms. The molecule has 0 fully saturated rings. The highest BCUT2D eigenvalue weighted by atomic mass is 16.6. The Balaban J connectivity index is 1.70. The van der Waals surface area contributed by atoms with Crippen LogP contribution >= 0.6 is 0 Å². The van der Waals surface area contributed by atoms with E-state index in [-0.39, 0.29) is 0 Å². The third kappa shape index (κ3) is 6.01. The van der Waals surface area contributed by atoms with Crippen molar-refractivity contribution in [1.82, 2.24) is 25.1 Å². The van der Waals surface area contributed by atoms with Crippen LogP contribution in [-0.2, 0) is 11.3 Å². The number of rotatable bonds is 5. The summed E-state index contributed by atoms with van der Waals surface area (Å²) in [6.07, 6.45) is 2.67. The Bertz CT molecular complexity index is 1100. The number of aromatic nitrogens is 4. The normalized spacial score (nSPS) is 11.1. The highest BCUT2D eigenvalue weighted by Gasteiger charge is 2.16. The SMILES string of the molecule is Cc1cc(-c2ccnc(Nc3cnn(C(=O)O)c3)n2)ccc1CNC(=O)OC(C)(C)C. The van der Waals surface area contributed by atoms with Gasteiger partial charge < -0.3 is 20.5 Å². The molecule has 3 N–H and O–H groups in total. The van der Waals surface area contributed by atoms with Crippen molar-refractivity contribution in [3.05, 3.63) is 54.0 Å². The van der Waals surface area contributed by atoms with Gasteiger partial charge in [0.05, 0.1) is 23.8 Å². The zero-order chi connectivity index (χ0) is 22.6. The minimum atomic E-state index is -1.18. The van der Waals surface area contributed by atoms with Crippen molar-refractivity contribution >= 4 is 23.8 Å². The molecule has 0 unspecified atom stereocenters. The van der Waals surface area contributed by atoms with Crippen LogP contribution in [0, 0.1) is 6.92 Å². The van der Waals surface area contributed by atoms with Crippen molar-refractivity contribution in [2.24, 2.45) is 0 Å². The number of hydrogen-bond donors (Lipinski definition) is 3. The zero-order valence-electron chi connectivity index (χ0n) is 17.7. The molecule has 1 aromatic carbocycles. The second-order valence-electron chi connectivity index (χ2n) is 7.84. The van der Waals surface area contributed by atoms with Gasteiger partial charge in [0.25, 0.3) is 0 Å². The molecule has 0 aliphatic carbocycles. The van der Waals surface area contributed by atoms with Gasteiger partial charge in [-0.25, -0.2) is 19.6 Å². The number of ether oxygens (including phenoxy) is 1. The third-order valence-corrected chi connectivity index (χ3v) is 4.15. The molecule has 2 aromatic heterocycles. The number of aryl methyl sites for hydroxylation is 1. The van der Waals surface area contributed by atoms with E-state index in [1.807, 2.05) is 45.9 Å². The first-order valence-corrected chi connectivity index (χ1v) is 9.55. The molecule has 31 heavy (non-hydrogen) atoms. The lowest BCUT2D eigenvalue weighted by molar-refractivity contribution is 0.0523. The van der Waals surface area contributed by atoms with Gasteiger partial charge in [0, 0.05) is 18.3 Å². The van der Waals surface area contributed by atoms with Gasteiger partial charge in [-0.3, -0.25) is 0 Å². The van der Waals surface area contributed by atoms with Crippen molar-refractivity contribution in [3.63, 3.8) is 0 Å². The summed E-state index contributed by atoms with van der Waals surface area (Å²) in [6, 6.07) is 7.59. The Morgan fingerprint density at radius 1 is 1.23 bits per heavy atom. The van der Waals surface area contributed by atoms with Crippen molar-refractivity contribution in [2.45, 2.75) is 39.8 Å². The molecule has 0 atom stereocenters. The number of nitrogens with zero attached hydrogens (tertiary/aromatic N) is 4.